The zero-order valence-corrected chi connectivity index (χ0v) is 18.2. The SMILES string of the molecule is CC(=O)N(C)C1CCN(c2ccc(NC(=O)COc3ccc(C(C)C)cc3)cc2)C1. The maximum Gasteiger partial charge on any atom is 0.262 e. The monoisotopic (exact) mass is 409 g/mol. The second kappa shape index (κ2) is 9.65. The van der Waals surface area contributed by atoms with Crippen LogP contribution < -0.4 is 15.0 Å². The van der Waals surface area contributed by atoms with E-state index in [9.17, 15) is 9.59 Å². The highest BCUT2D eigenvalue weighted by molar-refractivity contribution is 5.92. The van der Waals surface area contributed by atoms with E-state index in [-0.39, 0.29) is 24.5 Å². The summed E-state index contributed by atoms with van der Waals surface area (Å²) in [7, 11) is 1.86. The number of carbonyl (C=O) groups excluding carboxylic acids is 2. The third kappa shape index (κ3) is 5.53. The molecule has 0 aliphatic carbocycles. The molecule has 1 atom stereocenters. The van der Waals surface area contributed by atoms with E-state index in [0.29, 0.717) is 11.7 Å². The summed E-state index contributed by atoms with van der Waals surface area (Å²) < 4.78 is 5.58. The lowest BCUT2D eigenvalue weighted by Gasteiger charge is -2.24. The molecular weight excluding hydrogens is 378 g/mol. The fourth-order valence-electron chi connectivity index (χ4n) is 3.60. The molecule has 0 spiro atoms. The Balaban J connectivity index is 1.48. The summed E-state index contributed by atoms with van der Waals surface area (Å²) in [4.78, 5) is 27.8. The quantitative estimate of drug-likeness (QED) is 0.754. The van der Waals surface area contributed by atoms with Crippen LogP contribution in [0.15, 0.2) is 48.5 Å². The van der Waals surface area contributed by atoms with Crippen LogP contribution in [0.25, 0.3) is 0 Å². The highest BCUT2D eigenvalue weighted by atomic mass is 16.5. The molecule has 1 aliphatic heterocycles. The van der Waals surface area contributed by atoms with E-state index in [1.54, 1.807) is 6.92 Å². The molecule has 1 unspecified atom stereocenters. The number of benzene rings is 2. The molecule has 6 nitrogen and oxygen atoms in total. The summed E-state index contributed by atoms with van der Waals surface area (Å²) in [5.41, 5.74) is 3.07. The van der Waals surface area contributed by atoms with Gasteiger partial charge >= 0.3 is 0 Å². The van der Waals surface area contributed by atoms with Crippen LogP contribution in [-0.2, 0) is 9.59 Å². The summed E-state index contributed by atoms with van der Waals surface area (Å²) in [6.07, 6.45) is 0.962. The molecule has 1 saturated heterocycles. The van der Waals surface area contributed by atoms with Crippen LogP contribution >= 0.6 is 0 Å². The lowest BCUT2D eigenvalue weighted by Crippen LogP contribution is -2.37. The molecule has 2 aromatic carbocycles. The summed E-state index contributed by atoms with van der Waals surface area (Å²) >= 11 is 0. The molecule has 3 rings (SSSR count). The van der Waals surface area contributed by atoms with Crippen LogP contribution in [0, 0.1) is 0 Å². The summed E-state index contributed by atoms with van der Waals surface area (Å²) in [6.45, 7) is 7.59. The van der Waals surface area contributed by atoms with Crippen molar-refractivity contribution in [2.24, 2.45) is 0 Å². The van der Waals surface area contributed by atoms with Gasteiger partial charge < -0.3 is 19.9 Å². The Morgan fingerprint density at radius 3 is 2.40 bits per heavy atom. The molecule has 2 aromatic rings. The maximum atomic E-state index is 12.2. The number of ether oxygens (including phenoxy) is 1. The van der Waals surface area contributed by atoms with Gasteiger partial charge in [-0.15, -0.1) is 0 Å². The third-order valence-electron chi connectivity index (χ3n) is 5.64. The van der Waals surface area contributed by atoms with Gasteiger partial charge in [0.05, 0.1) is 6.04 Å². The first kappa shape index (κ1) is 21.7. The largest absolute Gasteiger partial charge is 0.484 e. The molecule has 0 saturated carbocycles. The first-order valence-corrected chi connectivity index (χ1v) is 10.4. The molecule has 0 bridgehead atoms. The average Bonchev–Trinajstić information content (AvgIpc) is 3.22. The lowest BCUT2D eigenvalue weighted by atomic mass is 10.0. The number of nitrogens with zero attached hydrogens (tertiary/aromatic N) is 2. The number of nitrogens with one attached hydrogen (secondary N) is 1. The van der Waals surface area contributed by atoms with E-state index in [4.69, 9.17) is 4.74 Å². The van der Waals surface area contributed by atoms with Crippen molar-refractivity contribution in [3.8, 4) is 5.75 Å². The van der Waals surface area contributed by atoms with E-state index in [1.165, 1.54) is 5.56 Å². The van der Waals surface area contributed by atoms with E-state index in [0.717, 1.165) is 30.9 Å². The number of carbonyl (C=O) groups is 2. The third-order valence-corrected chi connectivity index (χ3v) is 5.64. The number of hydrogen-bond acceptors (Lipinski definition) is 4. The molecule has 2 amide bonds. The Labute approximate surface area is 178 Å². The Hall–Kier alpha value is -3.02. The molecular formula is C24H31N3O3. The fraction of sp³-hybridized carbons (Fsp3) is 0.417. The van der Waals surface area contributed by atoms with Crippen molar-refractivity contribution in [1.82, 2.24) is 4.90 Å². The number of hydrogen-bond donors (Lipinski definition) is 1. The topological polar surface area (TPSA) is 61.9 Å². The number of anilines is 2. The number of likely N-dealkylation sites (N-methyl/N-ethyl adjacent to an activating group) is 1. The molecule has 30 heavy (non-hydrogen) atoms. The van der Waals surface area contributed by atoms with Gasteiger partial charge in [0.25, 0.3) is 5.91 Å². The van der Waals surface area contributed by atoms with Crippen LogP contribution in [0.5, 0.6) is 5.75 Å². The van der Waals surface area contributed by atoms with Crippen LogP contribution in [-0.4, -0.2) is 49.5 Å². The molecule has 1 N–H and O–H groups in total. The van der Waals surface area contributed by atoms with Crippen molar-refractivity contribution in [1.29, 1.82) is 0 Å². The molecule has 1 aliphatic rings. The van der Waals surface area contributed by atoms with Crippen molar-refractivity contribution in [2.75, 3.05) is 37.0 Å². The van der Waals surface area contributed by atoms with Crippen LogP contribution in [0.2, 0.25) is 0 Å². The zero-order valence-electron chi connectivity index (χ0n) is 18.2. The smallest absolute Gasteiger partial charge is 0.262 e. The van der Waals surface area contributed by atoms with Gasteiger partial charge in [0.2, 0.25) is 5.91 Å². The summed E-state index contributed by atoms with van der Waals surface area (Å²) in [6, 6.07) is 15.9. The molecule has 1 fully saturated rings. The van der Waals surface area contributed by atoms with Crippen LogP contribution in [0.1, 0.15) is 38.7 Å². The van der Waals surface area contributed by atoms with Crippen molar-refractivity contribution >= 4 is 23.2 Å². The highest BCUT2D eigenvalue weighted by Gasteiger charge is 2.27. The molecule has 6 heteroatoms. The van der Waals surface area contributed by atoms with Crippen molar-refractivity contribution < 1.29 is 14.3 Å². The van der Waals surface area contributed by atoms with E-state index < -0.39 is 0 Å². The Morgan fingerprint density at radius 1 is 1.13 bits per heavy atom. The standard InChI is InChI=1S/C24H31N3O3/c1-17(2)19-5-11-23(12-6-19)30-16-24(29)25-20-7-9-21(10-8-20)27-14-13-22(15-27)26(4)18(3)28/h5-12,17,22H,13-16H2,1-4H3,(H,25,29). The van der Waals surface area contributed by atoms with Crippen LogP contribution in [0.3, 0.4) is 0 Å². The van der Waals surface area contributed by atoms with Crippen LogP contribution in [0.4, 0.5) is 11.4 Å². The van der Waals surface area contributed by atoms with Crippen molar-refractivity contribution in [2.45, 2.75) is 39.2 Å². The highest BCUT2D eigenvalue weighted by Crippen LogP contribution is 2.24. The Kier molecular flexibility index (Phi) is 6.98. The van der Waals surface area contributed by atoms with Gasteiger partial charge in [0.15, 0.2) is 6.61 Å². The predicted molar refractivity (Wildman–Crippen MR) is 120 cm³/mol. The summed E-state index contributed by atoms with van der Waals surface area (Å²) in [5, 5.41) is 2.87. The van der Waals surface area contributed by atoms with Gasteiger partial charge in [-0.05, 0) is 54.3 Å². The van der Waals surface area contributed by atoms with E-state index >= 15 is 0 Å². The average molecular weight is 410 g/mol. The minimum absolute atomic E-state index is 0.0338. The minimum Gasteiger partial charge on any atom is -0.484 e. The maximum absolute atomic E-state index is 12.2. The first-order chi connectivity index (χ1) is 14.3. The molecule has 0 radical (unpaired) electrons. The van der Waals surface area contributed by atoms with Gasteiger partial charge in [-0.1, -0.05) is 26.0 Å². The van der Waals surface area contributed by atoms with Crippen molar-refractivity contribution in [3.63, 3.8) is 0 Å². The Morgan fingerprint density at radius 2 is 1.80 bits per heavy atom. The van der Waals surface area contributed by atoms with Gasteiger partial charge in [-0.2, -0.15) is 0 Å². The lowest BCUT2D eigenvalue weighted by molar-refractivity contribution is -0.129. The van der Waals surface area contributed by atoms with Crippen molar-refractivity contribution in [3.05, 3.63) is 54.1 Å². The molecule has 1 heterocycles. The van der Waals surface area contributed by atoms with E-state index in [1.807, 2.05) is 60.5 Å². The van der Waals surface area contributed by atoms with Gasteiger partial charge in [-0.25, -0.2) is 0 Å². The number of amides is 2. The second-order valence-electron chi connectivity index (χ2n) is 8.13. The van der Waals surface area contributed by atoms with E-state index in [2.05, 4.69) is 24.1 Å². The molecule has 160 valence electrons. The predicted octanol–water partition coefficient (Wildman–Crippen LogP) is 3.88. The van der Waals surface area contributed by atoms with Gasteiger partial charge in [0, 0.05) is 38.4 Å². The molecule has 0 aromatic heterocycles. The normalized spacial score (nSPS) is 15.9. The Bertz CT molecular complexity index is 862. The summed E-state index contributed by atoms with van der Waals surface area (Å²) in [5.74, 6) is 1.05. The second-order valence-corrected chi connectivity index (χ2v) is 8.13. The van der Waals surface area contributed by atoms with Gasteiger partial charge in [-0.3, -0.25) is 9.59 Å². The van der Waals surface area contributed by atoms with Gasteiger partial charge in [0.1, 0.15) is 5.75 Å². The minimum atomic E-state index is -0.194. The first-order valence-electron chi connectivity index (χ1n) is 10.4. The fourth-order valence-corrected chi connectivity index (χ4v) is 3.60. The number of rotatable bonds is 7. The zero-order chi connectivity index (χ0) is 21.7.